The standard InChI is InChI=1S/C15H12O6/c1-19-14-7(16)3-5-9-11(14)13(18)12-10(21-9)6-4-8(17)15(12)20-2/h3-6,16-17H,1-2H3. The van der Waals surface area contributed by atoms with Crippen molar-refractivity contribution in [1.82, 2.24) is 0 Å². The number of methoxy groups -OCH3 is 2. The zero-order valence-corrected chi connectivity index (χ0v) is 11.3. The Morgan fingerprint density at radius 2 is 1.29 bits per heavy atom. The molecule has 1 heterocycles. The molecule has 0 spiro atoms. The lowest BCUT2D eigenvalue weighted by molar-refractivity contribution is 0.375. The van der Waals surface area contributed by atoms with Crippen LogP contribution in [0.15, 0.2) is 33.5 Å². The zero-order valence-electron chi connectivity index (χ0n) is 11.3. The van der Waals surface area contributed by atoms with Gasteiger partial charge in [-0.15, -0.1) is 0 Å². The molecule has 0 unspecified atom stereocenters. The first-order valence-corrected chi connectivity index (χ1v) is 6.11. The zero-order chi connectivity index (χ0) is 15.1. The van der Waals surface area contributed by atoms with E-state index in [0.717, 1.165) is 0 Å². The van der Waals surface area contributed by atoms with Gasteiger partial charge in [0.2, 0.25) is 5.43 Å². The van der Waals surface area contributed by atoms with Gasteiger partial charge in [-0.1, -0.05) is 0 Å². The van der Waals surface area contributed by atoms with Crippen molar-refractivity contribution in [2.24, 2.45) is 0 Å². The van der Waals surface area contributed by atoms with E-state index in [1.807, 2.05) is 0 Å². The van der Waals surface area contributed by atoms with Crippen molar-refractivity contribution in [2.75, 3.05) is 14.2 Å². The van der Waals surface area contributed by atoms with Crippen LogP contribution in [0.25, 0.3) is 21.9 Å². The molecule has 2 N–H and O–H groups in total. The molecule has 0 saturated carbocycles. The molecule has 2 aromatic carbocycles. The summed E-state index contributed by atoms with van der Waals surface area (Å²) >= 11 is 0. The van der Waals surface area contributed by atoms with Gasteiger partial charge in [-0.3, -0.25) is 4.79 Å². The number of aromatic hydroxyl groups is 2. The van der Waals surface area contributed by atoms with E-state index in [1.165, 1.54) is 38.5 Å². The van der Waals surface area contributed by atoms with E-state index in [2.05, 4.69) is 0 Å². The number of phenols is 2. The highest BCUT2D eigenvalue weighted by Gasteiger charge is 2.19. The minimum absolute atomic E-state index is 0.0218. The number of fused-ring (bicyclic) bond motifs is 2. The van der Waals surface area contributed by atoms with Gasteiger partial charge in [-0.2, -0.15) is 0 Å². The maximum atomic E-state index is 12.7. The summed E-state index contributed by atoms with van der Waals surface area (Å²) in [6.07, 6.45) is 0. The molecule has 108 valence electrons. The van der Waals surface area contributed by atoms with E-state index in [4.69, 9.17) is 13.9 Å². The fourth-order valence-electron chi connectivity index (χ4n) is 2.36. The highest BCUT2D eigenvalue weighted by atomic mass is 16.5. The van der Waals surface area contributed by atoms with Crippen LogP contribution in [0.1, 0.15) is 0 Å². The number of ether oxygens (including phenoxy) is 2. The maximum absolute atomic E-state index is 12.7. The topological polar surface area (TPSA) is 89.1 Å². The molecule has 6 nitrogen and oxygen atoms in total. The summed E-state index contributed by atoms with van der Waals surface area (Å²) in [6, 6.07) is 5.72. The molecular weight excluding hydrogens is 276 g/mol. The number of phenolic OH excluding ortho intramolecular Hbond substituents is 2. The molecular formula is C15H12O6. The Morgan fingerprint density at radius 3 is 1.67 bits per heavy atom. The Kier molecular flexibility index (Phi) is 2.86. The number of rotatable bonds is 2. The van der Waals surface area contributed by atoms with E-state index < -0.39 is 5.43 Å². The SMILES string of the molecule is COc1c(O)ccc2oc3ccc(O)c(OC)c3c(=O)c12. The fourth-order valence-corrected chi connectivity index (χ4v) is 2.36. The second-order valence-electron chi connectivity index (χ2n) is 4.41. The van der Waals surface area contributed by atoms with Crippen LogP contribution < -0.4 is 14.9 Å². The van der Waals surface area contributed by atoms with Gasteiger partial charge in [0.25, 0.3) is 0 Å². The lowest BCUT2D eigenvalue weighted by Gasteiger charge is -2.10. The van der Waals surface area contributed by atoms with E-state index in [-0.39, 0.29) is 44.9 Å². The van der Waals surface area contributed by atoms with Crippen LogP contribution in [0.5, 0.6) is 23.0 Å². The molecule has 0 amide bonds. The van der Waals surface area contributed by atoms with Crippen LogP contribution >= 0.6 is 0 Å². The van der Waals surface area contributed by atoms with Gasteiger partial charge < -0.3 is 24.1 Å². The molecule has 0 aliphatic carbocycles. The van der Waals surface area contributed by atoms with Gasteiger partial charge in [0.15, 0.2) is 23.0 Å². The highest BCUT2D eigenvalue weighted by molar-refractivity contribution is 5.98. The predicted molar refractivity (Wildman–Crippen MR) is 76.4 cm³/mol. The van der Waals surface area contributed by atoms with Crippen LogP contribution in [0.4, 0.5) is 0 Å². The third kappa shape index (κ3) is 1.76. The van der Waals surface area contributed by atoms with Gasteiger partial charge in [0.05, 0.1) is 14.2 Å². The second-order valence-corrected chi connectivity index (χ2v) is 4.41. The van der Waals surface area contributed by atoms with Gasteiger partial charge in [0.1, 0.15) is 21.9 Å². The van der Waals surface area contributed by atoms with Gasteiger partial charge in [-0.25, -0.2) is 0 Å². The van der Waals surface area contributed by atoms with Gasteiger partial charge in [0, 0.05) is 0 Å². The monoisotopic (exact) mass is 288 g/mol. The fraction of sp³-hybridized carbons (Fsp3) is 0.133. The summed E-state index contributed by atoms with van der Waals surface area (Å²) < 4.78 is 15.8. The first-order chi connectivity index (χ1) is 10.1. The molecule has 0 radical (unpaired) electrons. The first kappa shape index (κ1) is 13.1. The molecule has 21 heavy (non-hydrogen) atoms. The van der Waals surface area contributed by atoms with E-state index in [0.29, 0.717) is 0 Å². The normalized spacial score (nSPS) is 11.0. The van der Waals surface area contributed by atoms with Crippen LogP contribution in [0.2, 0.25) is 0 Å². The Morgan fingerprint density at radius 1 is 0.857 bits per heavy atom. The van der Waals surface area contributed by atoms with Crippen molar-refractivity contribution >= 4 is 21.9 Å². The smallest absolute Gasteiger partial charge is 0.208 e. The molecule has 3 rings (SSSR count). The molecule has 0 aliphatic heterocycles. The summed E-state index contributed by atoms with van der Waals surface area (Å²) in [6.45, 7) is 0. The second kappa shape index (κ2) is 4.59. The minimum atomic E-state index is -0.452. The summed E-state index contributed by atoms with van der Waals surface area (Å²) in [4.78, 5) is 12.7. The van der Waals surface area contributed by atoms with E-state index in [1.54, 1.807) is 0 Å². The average Bonchev–Trinajstić information content (AvgIpc) is 2.48. The Balaban J connectivity index is 2.62. The molecule has 0 bridgehead atoms. The molecule has 0 fully saturated rings. The van der Waals surface area contributed by atoms with Gasteiger partial charge >= 0.3 is 0 Å². The minimum Gasteiger partial charge on any atom is -0.504 e. The third-order valence-corrected chi connectivity index (χ3v) is 3.28. The average molecular weight is 288 g/mol. The number of hydrogen-bond donors (Lipinski definition) is 2. The van der Waals surface area contributed by atoms with Crippen LogP contribution in [0.3, 0.4) is 0 Å². The van der Waals surface area contributed by atoms with Crippen molar-refractivity contribution in [3.05, 3.63) is 34.5 Å². The third-order valence-electron chi connectivity index (χ3n) is 3.28. The molecule has 0 saturated heterocycles. The van der Waals surface area contributed by atoms with E-state index >= 15 is 0 Å². The quantitative estimate of drug-likeness (QED) is 0.704. The van der Waals surface area contributed by atoms with Crippen LogP contribution in [0, 0.1) is 0 Å². The number of hydrogen-bond acceptors (Lipinski definition) is 6. The summed E-state index contributed by atoms with van der Waals surface area (Å²) in [7, 11) is 2.69. The Hall–Kier alpha value is -2.89. The predicted octanol–water partition coefficient (Wildman–Crippen LogP) is 2.37. The molecule has 3 aromatic rings. The van der Waals surface area contributed by atoms with Crippen molar-refractivity contribution in [3.8, 4) is 23.0 Å². The summed E-state index contributed by atoms with van der Waals surface area (Å²) in [5, 5.41) is 19.8. The number of benzene rings is 2. The largest absolute Gasteiger partial charge is 0.504 e. The lowest BCUT2D eigenvalue weighted by atomic mass is 10.1. The first-order valence-electron chi connectivity index (χ1n) is 6.11. The summed E-state index contributed by atoms with van der Waals surface area (Å²) in [5.74, 6) is -0.298. The summed E-state index contributed by atoms with van der Waals surface area (Å²) in [5.41, 5.74) is 0.0940. The van der Waals surface area contributed by atoms with Gasteiger partial charge in [-0.05, 0) is 24.3 Å². The highest BCUT2D eigenvalue weighted by Crippen LogP contribution is 2.38. The molecule has 1 aromatic heterocycles. The molecule has 0 aliphatic rings. The van der Waals surface area contributed by atoms with Crippen molar-refractivity contribution in [2.45, 2.75) is 0 Å². The Labute approximate surface area is 118 Å². The molecule has 6 heteroatoms. The molecule has 0 atom stereocenters. The van der Waals surface area contributed by atoms with Crippen molar-refractivity contribution in [1.29, 1.82) is 0 Å². The van der Waals surface area contributed by atoms with Crippen LogP contribution in [-0.4, -0.2) is 24.4 Å². The lowest BCUT2D eigenvalue weighted by Crippen LogP contribution is -2.06. The van der Waals surface area contributed by atoms with Crippen LogP contribution in [-0.2, 0) is 0 Å². The maximum Gasteiger partial charge on any atom is 0.208 e. The van der Waals surface area contributed by atoms with Crippen molar-refractivity contribution in [3.63, 3.8) is 0 Å². The Bertz CT molecular complexity index is 839. The van der Waals surface area contributed by atoms with Crippen molar-refractivity contribution < 1.29 is 24.1 Å². The van der Waals surface area contributed by atoms with E-state index in [9.17, 15) is 15.0 Å².